The van der Waals surface area contributed by atoms with Crippen molar-refractivity contribution in [2.24, 2.45) is 0 Å². The first-order valence-corrected chi connectivity index (χ1v) is 7.78. The second-order valence-electron chi connectivity index (χ2n) is 5.15. The van der Waals surface area contributed by atoms with Gasteiger partial charge in [-0.15, -0.1) is 0 Å². The summed E-state index contributed by atoms with van der Waals surface area (Å²) < 4.78 is 0.809. The van der Waals surface area contributed by atoms with Crippen LogP contribution in [0.5, 0.6) is 0 Å². The molecule has 2 aromatic carbocycles. The van der Waals surface area contributed by atoms with E-state index in [0.29, 0.717) is 5.02 Å². The van der Waals surface area contributed by atoms with E-state index in [0.717, 1.165) is 26.9 Å². The Kier molecular flexibility index (Phi) is 4.92. The standard InChI is InChI=1S/C17H16BrClN2/c1-10-6-11(2)17(12(3)7-10)16(9-20)21-13-4-5-15(19)14(18)8-13/h4-8,16,21H,1-3H3. The fourth-order valence-corrected chi connectivity index (χ4v) is 3.06. The fourth-order valence-electron chi connectivity index (χ4n) is 2.57. The Morgan fingerprint density at radius 2 is 1.76 bits per heavy atom. The molecule has 0 radical (unpaired) electrons. The number of hydrogen-bond donors (Lipinski definition) is 1. The maximum Gasteiger partial charge on any atom is 0.140 e. The average molecular weight is 364 g/mol. The molecule has 0 aliphatic carbocycles. The second-order valence-corrected chi connectivity index (χ2v) is 6.41. The van der Waals surface area contributed by atoms with Gasteiger partial charge in [0.15, 0.2) is 0 Å². The number of benzene rings is 2. The van der Waals surface area contributed by atoms with Gasteiger partial charge in [-0.3, -0.25) is 0 Å². The zero-order valence-electron chi connectivity index (χ0n) is 12.2. The minimum atomic E-state index is -0.390. The summed E-state index contributed by atoms with van der Waals surface area (Å²) in [5.41, 5.74) is 5.35. The van der Waals surface area contributed by atoms with Crippen molar-refractivity contribution in [2.75, 3.05) is 5.32 Å². The van der Waals surface area contributed by atoms with Gasteiger partial charge in [-0.05, 0) is 71.6 Å². The van der Waals surface area contributed by atoms with Gasteiger partial charge in [-0.2, -0.15) is 5.26 Å². The number of nitrogens with one attached hydrogen (secondary N) is 1. The van der Waals surface area contributed by atoms with E-state index in [2.05, 4.69) is 46.4 Å². The first kappa shape index (κ1) is 15.9. The average Bonchev–Trinajstić information content (AvgIpc) is 2.40. The molecule has 21 heavy (non-hydrogen) atoms. The van der Waals surface area contributed by atoms with Crippen molar-refractivity contribution in [2.45, 2.75) is 26.8 Å². The lowest BCUT2D eigenvalue weighted by atomic mass is 9.94. The highest BCUT2D eigenvalue weighted by Crippen LogP contribution is 2.30. The molecule has 0 fully saturated rings. The molecule has 2 nitrogen and oxygen atoms in total. The molecule has 0 aliphatic rings. The Hall–Kier alpha value is -1.50. The lowest BCUT2D eigenvalue weighted by molar-refractivity contribution is 0.962. The molecular weight excluding hydrogens is 348 g/mol. The smallest absolute Gasteiger partial charge is 0.140 e. The van der Waals surface area contributed by atoms with Gasteiger partial charge in [0.25, 0.3) is 0 Å². The molecule has 0 saturated carbocycles. The number of aryl methyl sites for hydroxylation is 3. The van der Waals surface area contributed by atoms with Crippen molar-refractivity contribution in [1.82, 2.24) is 0 Å². The summed E-state index contributed by atoms with van der Waals surface area (Å²) in [5, 5.41) is 13.4. The van der Waals surface area contributed by atoms with Gasteiger partial charge in [-0.25, -0.2) is 0 Å². The SMILES string of the molecule is Cc1cc(C)c(C(C#N)Nc2ccc(Cl)c(Br)c2)c(C)c1. The van der Waals surface area contributed by atoms with E-state index in [1.807, 2.05) is 26.0 Å². The number of anilines is 1. The second kappa shape index (κ2) is 6.51. The van der Waals surface area contributed by atoms with Crippen LogP contribution in [-0.2, 0) is 0 Å². The summed E-state index contributed by atoms with van der Waals surface area (Å²) in [6, 6.07) is 11.7. The highest BCUT2D eigenvalue weighted by atomic mass is 79.9. The topological polar surface area (TPSA) is 35.8 Å². The van der Waals surface area contributed by atoms with Crippen molar-refractivity contribution in [3.63, 3.8) is 0 Å². The molecule has 4 heteroatoms. The summed E-state index contributed by atoms with van der Waals surface area (Å²) in [6.45, 7) is 6.15. The van der Waals surface area contributed by atoms with Gasteiger partial charge < -0.3 is 5.32 Å². The molecule has 1 unspecified atom stereocenters. The molecular formula is C17H16BrClN2. The lowest BCUT2D eigenvalue weighted by Crippen LogP contribution is -2.12. The summed E-state index contributed by atoms with van der Waals surface area (Å²) in [6.07, 6.45) is 0. The van der Waals surface area contributed by atoms with Crippen LogP contribution in [0.4, 0.5) is 5.69 Å². The zero-order valence-corrected chi connectivity index (χ0v) is 14.5. The van der Waals surface area contributed by atoms with Crippen LogP contribution >= 0.6 is 27.5 Å². The molecule has 1 atom stereocenters. The highest BCUT2D eigenvalue weighted by molar-refractivity contribution is 9.10. The van der Waals surface area contributed by atoms with Gasteiger partial charge in [0.2, 0.25) is 0 Å². The highest BCUT2D eigenvalue weighted by Gasteiger charge is 2.16. The van der Waals surface area contributed by atoms with Crippen LogP contribution in [0.15, 0.2) is 34.8 Å². The van der Waals surface area contributed by atoms with Crippen molar-refractivity contribution in [3.05, 3.63) is 62.1 Å². The van der Waals surface area contributed by atoms with Gasteiger partial charge >= 0.3 is 0 Å². The minimum Gasteiger partial charge on any atom is -0.366 e. The third kappa shape index (κ3) is 3.58. The summed E-state index contributed by atoms with van der Waals surface area (Å²) in [4.78, 5) is 0. The van der Waals surface area contributed by atoms with Crippen LogP contribution in [0.3, 0.4) is 0 Å². The van der Waals surface area contributed by atoms with Crippen LogP contribution in [0.1, 0.15) is 28.3 Å². The van der Waals surface area contributed by atoms with Gasteiger partial charge in [-0.1, -0.05) is 29.3 Å². The third-order valence-electron chi connectivity index (χ3n) is 3.39. The van der Waals surface area contributed by atoms with E-state index >= 15 is 0 Å². The number of nitrogens with zero attached hydrogens (tertiary/aromatic N) is 1. The maximum absolute atomic E-state index is 9.53. The Morgan fingerprint density at radius 1 is 1.14 bits per heavy atom. The van der Waals surface area contributed by atoms with E-state index < -0.39 is 6.04 Å². The van der Waals surface area contributed by atoms with Crippen molar-refractivity contribution in [3.8, 4) is 6.07 Å². The summed E-state index contributed by atoms with van der Waals surface area (Å²) in [7, 11) is 0. The predicted molar refractivity (Wildman–Crippen MR) is 91.8 cm³/mol. The molecule has 0 saturated heterocycles. The molecule has 0 bridgehead atoms. The fraction of sp³-hybridized carbons (Fsp3) is 0.235. The van der Waals surface area contributed by atoms with Crippen molar-refractivity contribution >= 4 is 33.2 Å². The number of nitriles is 1. The first-order chi connectivity index (χ1) is 9.92. The van der Waals surface area contributed by atoms with E-state index in [9.17, 15) is 5.26 Å². The molecule has 0 amide bonds. The van der Waals surface area contributed by atoms with Crippen LogP contribution in [-0.4, -0.2) is 0 Å². The van der Waals surface area contributed by atoms with Gasteiger partial charge in [0.1, 0.15) is 6.04 Å². The molecule has 108 valence electrons. The van der Waals surface area contributed by atoms with E-state index in [4.69, 9.17) is 11.6 Å². The Labute approximate surface area is 138 Å². The van der Waals surface area contributed by atoms with Crippen molar-refractivity contribution < 1.29 is 0 Å². The number of hydrogen-bond acceptors (Lipinski definition) is 2. The Balaban J connectivity index is 2.37. The van der Waals surface area contributed by atoms with Crippen LogP contribution in [0.2, 0.25) is 5.02 Å². The van der Waals surface area contributed by atoms with E-state index in [1.54, 1.807) is 6.07 Å². The normalized spacial score (nSPS) is 11.8. The molecule has 0 aliphatic heterocycles. The molecule has 0 aromatic heterocycles. The maximum atomic E-state index is 9.53. The van der Waals surface area contributed by atoms with Crippen LogP contribution < -0.4 is 5.32 Å². The third-order valence-corrected chi connectivity index (χ3v) is 4.60. The molecule has 1 N–H and O–H groups in total. The van der Waals surface area contributed by atoms with E-state index in [1.165, 1.54) is 5.56 Å². The quantitative estimate of drug-likeness (QED) is 0.758. The molecule has 0 heterocycles. The summed E-state index contributed by atoms with van der Waals surface area (Å²) in [5.74, 6) is 0. The number of halogens is 2. The summed E-state index contributed by atoms with van der Waals surface area (Å²) >= 11 is 9.39. The zero-order chi connectivity index (χ0) is 15.6. The molecule has 0 spiro atoms. The Morgan fingerprint density at radius 3 is 2.29 bits per heavy atom. The molecule has 2 aromatic rings. The van der Waals surface area contributed by atoms with E-state index in [-0.39, 0.29) is 0 Å². The number of rotatable bonds is 3. The van der Waals surface area contributed by atoms with Gasteiger partial charge in [0, 0.05) is 10.2 Å². The first-order valence-electron chi connectivity index (χ1n) is 6.61. The van der Waals surface area contributed by atoms with Crippen LogP contribution in [0, 0.1) is 32.1 Å². The predicted octanol–water partition coefficient (Wildman–Crippen LogP) is 5.70. The minimum absolute atomic E-state index is 0.390. The van der Waals surface area contributed by atoms with Crippen molar-refractivity contribution in [1.29, 1.82) is 5.26 Å². The Bertz CT molecular complexity index is 696. The lowest BCUT2D eigenvalue weighted by Gasteiger charge is -2.19. The molecule has 2 rings (SSSR count). The largest absolute Gasteiger partial charge is 0.366 e. The van der Waals surface area contributed by atoms with Crippen LogP contribution in [0.25, 0.3) is 0 Å². The monoisotopic (exact) mass is 362 g/mol. The van der Waals surface area contributed by atoms with Gasteiger partial charge in [0.05, 0.1) is 11.1 Å².